The Morgan fingerprint density at radius 1 is 1.12 bits per heavy atom. The summed E-state index contributed by atoms with van der Waals surface area (Å²) in [6.45, 7) is 1.43. The second-order valence-electron chi connectivity index (χ2n) is 5.49. The summed E-state index contributed by atoms with van der Waals surface area (Å²) in [7, 11) is -2.90. The molecule has 1 atom stereocenters. The van der Waals surface area contributed by atoms with Crippen LogP contribution in [0.3, 0.4) is 0 Å². The van der Waals surface area contributed by atoms with Gasteiger partial charge in [0.05, 0.1) is 23.1 Å². The van der Waals surface area contributed by atoms with Gasteiger partial charge in [-0.1, -0.05) is 18.2 Å². The number of carbonyl (C=O) groups is 1. The van der Waals surface area contributed by atoms with E-state index in [-0.39, 0.29) is 16.0 Å². The molecule has 9 heteroatoms. The van der Waals surface area contributed by atoms with Crippen molar-refractivity contribution in [1.29, 1.82) is 0 Å². The maximum Gasteiger partial charge on any atom is 0.416 e. The van der Waals surface area contributed by atoms with Crippen LogP contribution in [0.4, 0.5) is 13.2 Å². The number of nitrogens with one attached hydrogen (secondary N) is 1. The fourth-order valence-corrected chi connectivity index (χ4v) is 3.54. The minimum Gasteiger partial charge on any atom is -0.465 e. The van der Waals surface area contributed by atoms with Crippen molar-refractivity contribution in [2.45, 2.75) is 24.0 Å². The fourth-order valence-electron chi connectivity index (χ4n) is 2.26. The molecule has 0 aliphatic rings. The first-order chi connectivity index (χ1) is 12.0. The van der Waals surface area contributed by atoms with E-state index in [0.29, 0.717) is 0 Å². The smallest absolute Gasteiger partial charge is 0.416 e. The van der Waals surface area contributed by atoms with E-state index in [4.69, 9.17) is 0 Å². The predicted octanol–water partition coefficient (Wildman–Crippen LogP) is 3.53. The molecule has 0 unspecified atom stereocenters. The zero-order valence-electron chi connectivity index (χ0n) is 13.9. The van der Waals surface area contributed by atoms with Crippen LogP contribution in [0.5, 0.6) is 0 Å². The maximum atomic E-state index is 12.8. The van der Waals surface area contributed by atoms with Gasteiger partial charge in [-0.15, -0.1) is 0 Å². The Hall–Kier alpha value is -2.39. The third-order valence-electron chi connectivity index (χ3n) is 3.61. The highest BCUT2D eigenvalue weighted by Gasteiger charge is 2.31. The normalized spacial score (nSPS) is 13.3. The van der Waals surface area contributed by atoms with E-state index in [1.807, 2.05) is 0 Å². The lowest BCUT2D eigenvalue weighted by Gasteiger charge is -2.16. The summed E-state index contributed by atoms with van der Waals surface area (Å²) in [5.74, 6) is -0.701. The molecule has 2 aromatic carbocycles. The highest BCUT2D eigenvalue weighted by atomic mass is 32.2. The quantitative estimate of drug-likeness (QED) is 0.797. The summed E-state index contributed by atoms with van der Waals surface area (Å²) in [6.07, 6.45) is -4.52. The second-order valence-corrected chi connectivity index (χ2v) is 7.20. The van der Waals surface area contributed by atoms with Gasteiger partial charge in [0, 0.05) is 6.04 Å². The van der Waals surface area contributed by atoms with Crippen LogP contribution in [-0.2, 0) is 20.9 Å². The van der Waals surface area contributed by atoms with Crippen molar-refractivity contribution in [2.24, 2.45) is 0 Å². The molecule has 0 bridgehead atoms. The summed E-state index contributed by atoms with van der Waals surface area (Å²) >= 11 is 0. The summed E-state index contributed by atoms with van der Waals surface area (Å²) < 4.78 is 70.2. The van der Waals surface area contributed by atoms with Gasteiger partial charge in [-0.25, -0.2) is 17.9 Å². The first-order valence-electron chi connectivity index (χ1n) is 7.42. The van der Waals surface area contributed by atoms with Crippen LogP contribution < -0.4 is 4.72 Å². The summed E-state index contributed by atoms with van der Waals surface area (Å²) in [5.41, 5.74) is -0.664. The van der Waals surface area contributed by atoms with Crippen LogP contribution in [0.25, 0.3) is 0 Å². The highest BCUT2D eigenvalue weighted by Crippen LogP contribution is 2.31. The number of alkyl halides is 3. The molecule has 1 N–H and O–H groups in total. The van der Waals surface area contributed by atoms with Crippen LogP contribution in [0.15, 0.2) is 53.4 Å². The first-order valence-corrected chi connectivity index (χ1v) is 8.91. The number of esters is 1. The lowest BCUT2D eigenvalue weighted by molar-refractivity contribution is -0.137. The van der Waals surface area contributed by atoms with Gasteiger partial charge in [0.1, 0.15) is 0 Å². The van der Waals surface area contributed by atoms with Crippen LogP contribution in [0.2, 0.25) is 0 Å². The Kier molecular flexibility index (Phi) is 5.72. The molecule has 0 saturated carbocycles. The first kappa shape index (κ1) is 19.9. The van der Waals surface area contributed by atoms with E-state index >= 15 is 0 Å². The van der Waals surface area contributed by atoms with Crippen molar-refractivity contribution in [3.8, 4) is 0 Å². The molecule has 0 heterocycles. The fraction of sp³-hybridized carbons (Fsp3) is 0.235. The van der Waals surface area contributed by atoms with E-state index in [9.17, 15) is 26.4 Å². The van der Waals surface area contributed by atoms with E-state index in [1.54, 1.807) is 0 Å². The van der Waals surface area contributed by atoms with E-state index < -0.39 is 33.8 Å². The highest BCUT2D eigenvalue weighted by molar-refractivity contribution is 7.89. The Balaban J connectivity index is 2.28. The maximum absolute atomic E-state index is 12.8. The molecule has 0 aliphatic carbocycles. The Bertz CT molecular complexity index is 910. The van der Waals surface area contributed by atoms with Crippen LogP contribution in [-0.4, -0.2) is 21.5 Å². The molecule has 2 aromatic rings. The topological polar surface area (TPSA) is 72.5 Å². The van der Waals surface area contributed by atoms with Gasteiger partial charge in [-0.2, -0.15) is 13.2 Å². The Labute approximate surface area is 148 Å². The molecule has 0 saturated heterocycles. The van der Waals surface area contributed by atoms with Gasteiger partial charge in [-0.05, 0) is 42.8 Å². The summed E-state index contributed by atoms with van der Waals surface area (Å²) in [6, 6.07) is 8.65. The van der Waals surface area contributed by atoms with Gasteiger partial charge in [0.25, 0.3) is 0 Å². The zero-order valence-corrected chi connectivity index (χ0v) is 14.7. The van der Waals surface area contributed by atoms with E-state index in [0.717, 1.165) is 25.3 Å². The molecule has 5 nitrogen and oxygen atoms in total. The number of halogens is 3. The standard InChI is InChI=1S/C17H16F3NO4S/c1-11(12-5-3-7-14(9-12)17(18,19)20)21-26(23,24)15-8-4-6-13(10-15)16(22)25-2/h3-11,21H,1-2H3/t11-/m0/s1. The molecular weight excluding hydrogens is 371 g/mol. The van der Waals surface area contributed by atoms with E-state index in [1.165, 1.54) is 37.3 Å². The third kappa shape index (κ3) is 4.61. The lowest BCUT2D eigenvalue weighted by atomic mass is 10.1. The van der Waals surface area contributed by atoms with Crippen LogP contribution in [0, 0.1) is 0 Å². The van der Waals surface area contributed by atoms with Crippen molar-refractivity contribution in [3.05, 3.63) is 65.2 Å². The molecule has 0 aliphatic heterocycles. The van der Waals surface area contributed by atoms with Gasteiger partial charge in [0.15, 0.2) is 0 Å². The summed E-state index contributed by atoms with van der Waals surface area (Å²) in [4.78, 5) is 11.3. The number of sulfonamides is 1. The van der Waals surface area contributed by atoms with Crippen molar-refractivity contribution in [3.63, 3.8) is 0 Å². The van der Waals surface area contributed by atoms with Gasteiger partial charge >= 0.3 is 12.1 Å². The third-order valence-corrected chi connectivity index (χ3v) is 5.15. The van der Waals surface area contributed by atoms with E-state index in [2.05, 4.69) is 9.46 Å². The largest absolute Gasteiger partial charge is 0.465 e. The number of hydrogen-bond acceptors (Lipinski definition) is 4. The minimum atomic E-state index is -4.52. The Morgan fingerprint density at radius 3 is 2.38 bits per heavy atom. The molecular formula is C17H16F3NO4S. The molecule has 0 spiro atoms. The molecule has 0 amide bonds. The molecule has 0 aromatic heterocycles. The number of methoxy groups -OCH3 is 1. The number of hydrogen-bond donors (Lipinski definition) is 1. The number of carbonyl (C=O) groups excluding carboxylic acids is 1. The van der Waals surface area contributed by atoms with Crippen molar-refractivity contribution in [2.75, 3.05) is 7.11 Å². The number of benzene rings is 2. The molecule has 140 valence electrons. The molecule has 0 fully saturated rings. The van der Waals surface area contributed by atoms with Crippen molar-refractivity contribution < 1.29 is 31.1 Å². The summed E-state index contributed by atoms with van der Waals surface area (Å²) in [5, 5.41) is 0. The molecule has 2 rings (SSSR count). The van der Waals surface area contributed by atoms with Crippen molar-refractivity contribution in [1.82, 2.24) is 4.72 Å². The minimum absolute atomic E-state index is 0.0436. The van der Waals surface area contributed by atoms with Crippen LogP contribution >= 0.6 is 0 Å². The van der Waals surface area contributed by atoms with Crippen molar-refractivity contribution >= 4 is 16.0 Å². The van der Waals surface area contributed by atoms with Gasteiger partial charge < -0.3 is 4.74 Å². The average Bonchev–Trinajstić information content (AvgIpc) is 2.60. The lowest BCUT2D eigenvalue weighted by Crippen LogP contribution is -2.27. The SMILES string of the molecule is COC(=O)c1cccc(S(=O)(=O)N[C@@H](C)c2cccc(C(F)(F)F)c2)c1. The molecule has 26 heavy (non-hydrogen) atoms. The average molecular weight is 387 g/mol. The monoisotopic (exact) mass is 387 g/mol. The number of rotatable bonds is 5. The van der Waals surface area contributed by atoms with Gasteiger partial charge in [0.2, 0.25) is 10.0 Å². The second kappa shape index (κ2) is 7.46. The van der Waals surface area contributed by atoms with Gasteiger partial charge in [-0.3, -0.25) is 0 Å². The Morgan fingerprint density at radius 2 is 1.77 bits per heavy atom. The molecule has 0 radical (unpaired) electrons. The zero-order chi connectivity index (χ0) is 19.5. The number of ether oxygens (including phenoxy) is 1. The predicted molar refractivity (Wildman–Crippen MR) is 88.0 cm³/mol. The van der Waals surface area contributed by atoms with Crippen LogP contribution in [0.1, 0.15) is 34.5 Å².